The number of guanidine groups is 1. The summed E-state index contributed by atoms with van der Waals surface area (Å²) in [6, 6.07) is 13.1. The molecule has 0 radical (unpaired) electrons. The Balaban J connectivity index is 1.80. The lowest BCUT2D eigenvalue weighted by atomic mass is 10.1. The van der Waals surface area contributed by atoms with Crippen molar-refractivity contribution < 1.29 is 0 Å². The first kappa shape index (κ1) is 19.5. The third-order valence-electron chi connectivity index (χ3n) is 4.22. The van der Waals surface area contributed by atoms with Gasteiger partial charge in [0.05, 0.1) is 0 Å². The number of nitrogens with one attached hydrogen (secondary N) is 2. The maximum Gasteiger partial charge on any atom is 0.191 e. The molecule has 0 aliphatic carbocycles. The number of rotatable bonds is 9. The molecule has 5 heteroatoms. The van der Waals surface area contributed by atoms with Gasteiger partial charge in [-0.3, -0.25) is 9.89 Å². The van der Waals surface area contributed by atoms with E-state index in [2.05, 4.69) is 76.2 Å². The number of hydrogen-bond donors (Lipinski definition) is 2. The molecule has 2 aromatic rings. The number of nitrogens with zero attached hydrogens (tertiary/aromatic N) is 2. The van der Waals surface area contributed by atoms with Crippen LogP contribution in [0.5, 0.6) is 0 Å². The lowest BCUT2D eigenvalue weighted by Gasteiger charge is -2.18. The summed E-state index contributed by atoms with van der Waals surface area (Å²) in [5.74, 6) is 0.853. The van der Waals surface area contributed by atoms with Crippen LogP contribution in [-0.4, -0.2) is 37.5 Å². The van der Waals surface area contributed by atoms with Crippen molar-refractivity contribution in [1.82, 2.24) is 15.5 Å². The standard InChI is InChI=1S/C20H30N4S/c1-4-24(5-2)16-18-9-6-8-17(14-18)15-23-20(21-3)22-12-11-19-10-7-13-25-19/h6-10,13-14H,4-5,11-12,15-16H2,1-3H3,(H2,21,22,23). The molecule has 0 aliphatic heterocycles. The van der Waals surface area contributed by atoms with E-state index >= 15 is 0 Å². The van der Waals surface area contributed by atoms with Gasteiger partial charge in [-0.15, -0.1) is 11.3 Å². The molecular weight excluding hydrogens is 328 g/mol. The van der Waals surface area contributed by atoms with Gasteiger partial charge in [0.1, 0.15) is 0 Å². The second kappa shape index (κ2) is 10.9. The average molecular weight is 359 g/mol. The second-order valence-corrected chi connectivity index (χ2v) is 7.00. The highest BCUT2D eigenvalue weighted by Crippen LogP contribution is 2.09. The quantitative estimate of drug-likeness (QED) is 0.532. The first-order chi connectivity index (χ1) is 12.2. The molecule has 2 rings (SSSR count). The first-order valence-electron chi connectivity index (χ1n) is 9.02. The van der Waals surface area contributed by atoms with Crippen LogP contribution in [0.25, 0.3) is 0 Å². The van der Waals surface area contributed by atoms with E-state index in [4.69, 9.17) is 0 Å². The Labute approximate surface area is 156 Å². The van der Waals surface area contributed by atoms with Crippen LogP contribution in [0.2, 0.25) is 0 Å². The van der Waals surface area contributed by atoms with Gasteiger partial charge in [-0.2, -0.15) is 0 Å². The van der Waals surface area contributed by atoms with Crippen molar-refractivity contribution in [2.45, 2.75) is 33.4 Å². The number of benzene rings is 1. The Kier molecular flexibility index (Phi) is 8.49. The average Bonchev–Trinajstić information content (AvgIpc) is 3.16. The van der Waals surface area contributed by atoms with E-state index in [1.165, 1.54) is 16.0 Å². The fourth-order valence-electron chi connectivity index (χ4n) is 2.71. The highest BCUT2D eigenvalue weighted by molar-refractivity contribution is 7.09. The monoisotopic (exact) mass is 358 g/mol. The zero-order valence-electron chi connectivity index (χ0n) is 15.6. The van der Waals surface area contributed by atoms with Crippen molar-refractivity contribution >= 4 is 17.3 Å². The summed E-state index contributed by atoms with van der Waals surface area (Å²) in [6.45, 7) is 9.27. The maximum atomic E-state index is 4.31. The van der Waals surface area contributed by atoms with E-state index in [0.29, 0.717) is 0 Å². The largest absolute Gasteiger partial charge is 0.356 e. The van der Waals surface area contributed by atoms with Crippen molar-refractivity contribution in [3.63, 3.8) is 0 Å². The molecule has 1 heterocycles. The van der Waals surface area contributed by atoms with Crippen molar-refractivity contribution in [3.05, 3.63) is 57.8 Å². The van der Waals surface area contributed by atoms with Crippen LogP contribution in [0.4, 0.5) is 0 Å². The molecule has 0 saturated carbocycles. The topological polar surface area (TPSA) is 39.7 Å². The number of thiophene rings is 1. The molecule has 0 amide bonds. The fraction of sp³-hybridized carbons (Fsp3) is 0.450. The number of aliphatic imine (C=N–C) groups is 1. The van der Waals surface area contributed by atoms with E-state index in [1.807, 2.05) is 7.05 Å². The molecule has 4 nitrogen and oxygen atoms in total. The molecule has 0 unspecified atom stereocenters. The summed E-state index contributed by atoms with van der Waals surface area (Å²) in [7, 11) is 1.82. The summed E-state index contributed by atoms with van der Waals surface area (Å²) in [5.41, 5.74) is 2.65. The summed E-state index contributed by atoms with van der Waals surface area (Å²) < 4.78 is 0. The van der Waals surface area contributed by atoms with Gasteiger partial charge in [0.25, 0.3) is 0 Å². The van der Waals surface area contributed by atoms with E-state index in [-0.39, 0.29) is 0 Å². The Morgan fingerprint density at radius 2 is 1.88 bits per heavy atom. The third kappa shape index (κ3) is 6.88. The zero-order valence-corrected chi connectivity index (χ0v) is 16.4. The van der Waals surface area contributed by atoms with Crippen molar-refractivity contribution in [2.75, 3.05) is 26.7 Å². The van der Waals surface area contributed by atoms with Crippen molar-refractivity contribution in [3.8, 4) is 0 Å². The molecule has 0 fully saturated rings. The van der Waals surface area contributed by atoms with Gasteiger partial charge >= 0.3 is 0 Å². The second-order valence-electron chi connectivity index (χ2n) is 5.96. The molecule has 0 aliphatic rings. The molecule has 1 aromatic heterocycles. The zero-order chi connectivity index (χ0) is 17.9. The summed E-state index contributed by atoms with van der Waals surface area (Å²) in [4.78, 5) is 8.13. The van der Waals surface area contributed by atoms with Gasteiger partial charge in [0.2, 0.25) is 0 Å². The van der Waals surface area contributed by atoms with Crippen LogP contribution in [0.15, 0.2) is 46.8 Å². The van der Waals surface area contributed by atoms with Gasteiger partial charge in [0.15, 0.2) is 5.96 Å². The van der Waals surface area contributed by atoms with Crippen LogP contribution in [0, 0.1) is 0 Å². The van der Waals surface area contributed by atoms with Crippen molar-refractivity contribution in [2.24, 2.45) is 4.99 Å². The molecule has 0 saturated heterocycles. The Bertz CT molecular complexity index is 633. The van der Waals surface area contributed by atoms with Gasteiger partial charge in [-0.25, -0.2) is 0 Å². The van der Waals surface area contributed by atoms with Gasteiger partial charge in [-0.05, 0) is 42.1 Å². The van der Waals surface area contributed by atoms with Gasteiger partial charge in [0, 0.05) is 31.6 Å². The molecular formula is C20H30N4S. The van der Waals surface area contributed by atoms with Crippen LogP contribution >= 0.6 is 11.3 Å². The van der Waals surface area contributed by atoms with E-state index < -0.39 is 0 Å². The predicted molar refractivity (Wildman–Crippen MR) is 109 cm³/mol. The molecule has 0 atom stereocenters. The lowest BCUT2D eigenvalue weighted by molar-refractivity contribution is 0.296. The normalized spacial score (nSPS) is 11.8. The Morgan fingerprint density at radius 3 is 2.56 bits per heavy atom. The Morgan fingerprint density at radius 1 is 1.08 bits per heavy atom. The van der Waals surface area contributed by atoms with E-state index in [0.717, 1.165) is 45.1 Å². The minimum atomic E-state index is 0.783. The summed E-state index contributed by atoms with van der Waals surface area (Å²) in [6.07, 6.45) is 1.03. The minimum Gasteiger partial charge on any atom is -0.356 e. The van der Waals surface area contributed by atoms with Gasteiger partial charge in [-0.1, -0.05) is 44.2 Å². The van der Waals surface area contributed by atoms with Crippen LogP contribution < -0.4 is 10.6 Å². The molecule has 0 bridgehead atoms. The van der Waals surface area contributed by atoms with Crippen LogP contribution in [0.3, 0.4) is 0 Å². The molecule has 2 N–H and O–H groups in total. The lowest BCUT2D eigenvalue weighted by Crippen LogP contribution is -2.37. The molecule has 136 valence electrons. The Hall–Kier alpha value is -1.85. The maximum absolute atomic E-state index is 4.31. The fourth-order valence-corrected chi connectivity index (χ4v) is 3.42. The predicted octanol–water partition coefficient (Wildman–Crippen LogP) is 3.50. The third-order valence-corrected chi connectivity index (χ3v) is 5.16. The molecule has 25 heavy (non-hydrogen) atoms. The van der Waals surface area contributed by atoms with Gasteiger partial charge < -0.3 is 10.6 Å². The summed E-state index contributed by atoms with van der Waals surface area (Å²) >= 11 is 1.80. The van der Waals surface area contributed by atoms with Crippen LogP contribution in [0.1, 0.15) is 29.9 Å². The molecule has 1 aromatic carbocycles. The summed E-state index contributed by atoms with van der Waals surface area (Å²) in [5, 5.41) is 8.90. The highest BCUT2D eigenvalue weighted by atomic mass is 32.1. The minimum absolute atomic E-state index is 0.783. The van der Waals surface area contributed by atoms with Crippen molar-refractivity contribution in [1.29, 1.82) is 0 Å². The molecule has 0 spiro atoms. The van der Waals surface area contributed by atoms with E-state index in [9.17, 15) is 0 Å². The van der Waals surface area contributed by atoms with Crippen LogP contribution in [-0.2, 0) is 19.5 Å². The first-order valence-corrected chi connectivity index (χ1v) is 9.90. The SMILES string of the molecule is CCN(CC)Cc1cccc(CNC(=NC)NCCc2cccs2)c1. The smallest absolute Gasteiger partial charge is 0.191 e. The highest BCUT2D eigenvalue weighted by Gasteiger charge is 2.03. The number of hydrogen-bond acceptors (Lipinski definition) is 3. The van der Waals surface area contributed by atoms with E-state index in [1.54, 1.807) is 11.3 Å².